The molecule has 0 bridgehead atoms. The van der Waals surface area contributed by atoms with Gasteiger partial charge < -0.3 is 4.98 Å². The van der Waals surface area contributed by atoms with Crippen molar-refractivity contribution in [3.05, 3.63) is 65.2 Å². The van der Waals surface area contributed by atoms with Gasteiger partial charge in [0.1, 0.15) is 6.04 Å². The van der Waals surface area contributed by atoms with Crippen LogP contribution in [0.5, 0.6) is 0 Å². The van der Waals surface area contributed by atoms with E-state index in [-0.39, 0.29) is 11.5 Å². The number of fused-ring (bicyclic) bond motifs is 2. The summed E-state index contributed by atoms with van der Waals surface area (Å²) in [5, 5.41) is 3.25. The quantitative estimate of drug-likeness (QED) is 0.594. The second kappa shape index (κ2) is 6.44. The molecule has 1 atom stereocenters. The first kappa shape index (κ1) is 16.0. The number of nitrogens with one attached hydrogen (secondary N) is 2. The highest BCUT2D eigenvalue weighted by atomic mass is 16.2. The van der Waals surface area contributed by atoms with Crippen molar-refractivity contribution in [1.82, 2.24) is 19.5 Å². The van der Waals surface area contributed by atoms with Crippen LogP contribution in [0.1, 0.15) is 19.4 Å². The topological polar surface area (TPSA) is 92.7 Å². The van der Waals surface area contributed by atoms with Gasteiger partial charge >= 0.3 is 0 Å². The molecule has 1 amide bonds. The third kappa shape index (κ3) is 2.73. The maximum atomic E-state index is 12.8. The van der Waals surface area contributed by atoms with Gasteiger partial charge in [-0.15, -0.1) is 0 Å². The predicted octanol–water partition coefficient (Wildman–Crippen LogP) is 2.86. The number of H-pyrrole nitrogens is 1. The van der Waals surface area contributed by atoms with Crippen molar-refractivity contribution in [2.24, 2.45) is 0 Å². The molecule has 0 saturated carbocycles. The van der Waals surface area contributed by atoms with E-state index in [0.29, 0.717) is 23.3 Å². The summed E-state index contributed by atoms with van der Waals surface area (Å²) >= 11 is 0. The molecule has 0 aliphatic carbocycles. The van der Waals surface area contributed by atoms with Crippen molar-refractivity contribution < 1.29 is 4.79 Å². The van der Waals surface area contributed by atoms with E-state index in [1.165, 1.54) is 10.9 Å². The van der Waals surface area contributed by atoms with Crippen LogP contribution < -0.4 is 10.9 Å². The van der Waals surface area contributed by atoms with Gasteiger partial charge in [-0.05, 0) is 30.7 Å². The van der Waals surface area contributed by atoms with Crippen molar-refractivity contribution in [3.63, 3.8) is 0 Å². The Hall–Kier alpha value is -3.48. The summed E-state index contributed by atoms with van der Waals surface area (Å²) in [6, 6.07) is 13.9. The Morgan fingerprint density at radius 2 is 1.88 bits per heavy atom. The molecule has 2 aromatic carbocycles. The van der Waals surface area contributed by atoms with Gasteiger partial charge in [0.05, 0.1) is 28.3 Å². The lowest BCUT2D eigenvalue weighted by Gasteiger charge is -2.17. The molecule has 2 aromatic heterocycles. The average Bonchev–Trinajstić information content (AvgIpc) is 3.06. The first-order valence-electron chi connectivity index (χ1n) is 8.39. The van der Waals surface area contributed by atoms with Crippen molar-refractivity contribution >= 4 is 33.8 Å². The van der Waals surface area contributed by atoms with Gasteiger partial charge in [-0.2, -0.15) is 0 Å². The van der Waals surface area contributed by atoms with E-state index in [1.54, 1.807) is 18.2 Å². The summed E-state index contributed by atoms with van der Waals surface area (Å²) in [5.41, 5.74) is 1.98. The Morgan fingerprint density at radius 3 is 2.65 bits per heavy atom. The fourth-order valence-electron chi connectivity index (χ4n) is 3.03. The van der Waals surface area contributed by atoms with Crippen molar-refractivity contribution in [1.29, 1.82) is 0 Å². The van der Waals surface area contributed by atoms with Gasteiger partial charge in [0, 0.05) is 0 Å². The minimum absolute atomic E-state index is 0.234. The molecule has 7 nitrogen and oxygen atoms in total. The van der Waals surface area contributed by atoms with Gasteiger partial charge in [-0.25, -0.2) is 9.97 Å². The van der Waals surface area contributed by atoms with Crippen LogP contribution in [0.25, 0.3) is 21.9 Å². The highest BCUT2D eigenvalue weighted by Gasteiger charge is 2.21. The lowest BCUT2D eigenvalue weighted by atomic mass is 10.2. The van der Waals surface area contributed by atoms with Gasteiger partial charge in [0.15, 0.2) is 0 Å². The van der Waals surface area contributed by atoms with Crippen LogP contribution in [0.15, 0.2) is 59.7 Å². The number of carbonyl (C=O) groups is 1. The molecule has 0 fully saturated rings. The van der Waals surface area contributed by atoms with E-state index in [1.807, 2.05) is 37.3 Å². The number of imidazole rings is 1. The van der Waals surface area contributed by atoms with E-state index in [2.05, 4.69) is 20.3 Å². The van der Waals surface area contributed by atoms with Crippen LogP contribution in [0.2, 0.25) is 0 Å². The van der Waals surface area contributed by atoms with Gasteiger partial charge in [-0.3, -0.25) is 19.5 Å². The number of aromatic amines is 1. The maximum absolute atomic E-state index is 12.8. The Kier molecular flexibility index (Phi) is 3.96. The minimum atomic E-state index is -0.673. The summed E-state index contributed by atoms with van der Waals surface area (Å²) in [6.07, 6.45) is 1.88. The molecular formula is C19H17N5O2. The first-order valence-corrected chi connectivity index (χ1v) is 8.39. The average molecular weight is 347 g/mol. The number of para-hydroxylation sites is 3. The standard InChI is InChI=1S/C19H17N5O2/c1-2-16(24-11-20-13-8-4-3-7-12(13)18(24)26)17(25)23-19-21-14-9-5-6-10-15(14)22-19/h3-11,16H,2H2,1H3,(H2,21,22,23,25)/t16-/m0/s1. The summed E-state index contributed by atoms with van der Waals surface area (Å²) in [5.74, 6) is 0.0437. The predicted molar refractivity (Wildman–Crippen MR) is 100 cm³/mol. The Morgan fingerprint density at radius 1 is 1.15 bits per heavy atom. The number of hydrogen-bond donors (Lipinski definition) is 2. The Labute approximate surface area is 148 Å². The van der Waals surface area contributed by atoms with Crippen LogP contribution in [-0.2, 0) is 4.79 Å². The molecule has 0 aliphatic heterocycles. The van der Waals surface area contributed by atoms with Crippen molar-refractivity contribution in [2.75, 3.05) is 5.32 Å². The van der Waals surface area contributed by atoms with Gasteiger partial charge in [-0.1, -0.05) is 31.2 Å². The van der Waals surface area contributed by atoms with E-state index >= 15 is 0 Å². The van der Waals surface area contributed by atoms with Crippen LogP contribution in [0.4, 0.5) is 5.95 Å². The Bertz CT molecular complexity index is 1130. The van der Waals surface area contributed by atoms with Crippen molar-refractivity contribution in [3.8, 4) is 0 Å². The van der Waals surface area contributed by atoms with E-state index in [4.69, 9.17) is 0 Å². The third-order valence-electron chi connectivity index (χ3n) is 4.35. The molecule has 26 heavy (non-hydrogen) atoms. The molecule has 0 radical (unpaired) electrons. The minimum Gasteiger partial charge on any atom is -0.324 e. The third-order valence-corrected chi connectivity index (χ3v) is 4.35. The van der Waals surface area contributed by atoms with Gasteiger partial charge in [0.2, 0.25) is 11.9 Å². The highest BCUT2D eigenvalue weighted by Crippen LogP contribution is 2.17. The molecule has 2 heterocycles. The molecule has 0 aliphatic rings. The van der Waals surface area contributed by atoms with Crippen LogP contribution in [-0.4, -0.2) is 25.4 Å². The van der Waals surface area contributed by atoms with E-state index in [0.717, 1.165) is 11.0 Å². The number of rotatable bonds is 4. The molecule has 4 aromatic rings. The fourth-order valence-corrected chi connectivity index (χ4v) is 3.03. The molecule has 4 rings (SSSR count). The molecule has 2 N–H and O–H groups in total. The summed E-state index contributed by atoms with van der Waals surface area (Å²) in [6.45, 7) is 1.85. The molecular weight excluding hydrogens is 330 g/mol. The van der Waals surface area contributed by atoms with Crippen molar-refractivity contribution in [2.45, 2.75) is 19.4 Å². The molecule has 0 unspecified atom stereocenters. The monoisotopic (exact) mass is 347 g/mol. The number of anilines is 1. The SMILES string of the molecule is CC[C@@H](C(=O)Nc1nc2ccccc2[nH]1)n1cnc2ccccc2c1=O. The number of hydrogen-bond acceptors (Lipinski definition) is 4. The smallest absolute Gasteiger partial charge is 0.261 e. The Balaban J connectivity index is 1.67. The number of carbonyl (C=O) groups excluding carboxylic acids is 1. The molecule has 7 heteroatoms. The molecule has 130 valence electrons. The zero-order valence-corrected chi connectivity index (χ0v) is 14.1. The summed E-state index contributed by atoms with van der Waals surface area (Å²) in [4.78, 5) is 37.2. The normalized spacial score (nSPS) is 12.3. The lowest BCUT2D eigenvalue weighted by molar-refractivity contribution is -0.119. The highest BCUT2D eigenvalue weighted by molar-refractivity contribution is 5.94. The van der Waals surface area contributed by atoms with Crippen LogP contribution >= 0.6 is 0 Å². The van der Waals surface area contributed by atoms with E-state index in [9.17, 15) is 9.59 Å². The van der Waals surface area contributed by atoms with Crippen LogP contribution in [0.3, 0.4) is 0 Å². The number of benzene rings is 2. The second-order valence-electron chi connectivity index (χ2n) is 5.99. The van der Waals surface area contributed by atoms with Gasteiger partial charge in [0.25, 0.3) is 5.56 Å². The summed E-state index contributed by atoms with van der Waals surface area (Å²) in [7, 11) is 0. The number of amides is 1. The molecule has 0 spiro atoms. The number of nitrogens with zero attached hydrogens (tertiary/aromatic N) is 3. The van der Waals surface area contributed by atoms with Crippen LogP contribution in [0, 0.1) is 0 Å². The first-order chi connectivity index (χ1) is 12.7. The number of aromatic nitrogens is 4. The summed E-state index contributed by atoms with van der Waals surface area (Å²) < 4.78 is 1.38. The lowest BCUT2D eigenvalue weighted by Crippen LogP contribution is -2.33. The zero-order chi connectivity index (χ0) is 18.1. The maximum Gasteiger partial charge on any atom is 0.261 e. The van der Waals surface area contributed by atoms with E-state index < -0.39 is 6.04 Å². The molecule has 0 saturated heterocycles. The zero-order valence-electron chi connectivity index (χ0n) is 14.1. The fraction of sp³-hybridized carbons (Fsp3) is 0.158. The second-order valence-corrected chi connectivity index (χ2v) is 5.99. The largest absolute Gasteiger partial charge is 0.324 e.